The van der Waals surface area contributed by atoms with E-state index >= 15 is 0 Å². The quantitative estimate of drug-likeness (QED) is 0.894. The maximum atomic E-state index is 8.90. The van der Waals surface area contributed by atoms with Crippen LogP contribution in [0.1, 0.15) is 11.1 Å². The lowest BCUT2D eigenvalue weighted by Gasteiger charge is -2.03. The molecule has 0 atom stereocenters. The SMILES string of the molecule is N#Cc1c(N)nsc1NCc1ccc(Cl)cc1. The van der Waals surface area contributed by atoms with E-state index in [-0.39, 0.29) is 5.82 Å². The van der Waals surface area contributed by atoms with Gasteiger partial charge in [-0.1, -0.05) is 23.7 Å². The van der Waals surface area contributed by atoms with E-state index in [4.69, 9.17) is 22.6 Å². The molecule has 1 heterocycles. The van der Waals surface area contributed by atoms with Crippen molar-refractivity contribution >= 4 is 34.0 Å². The van der Waals surface area contributed by atoms with Crippen LogP contribution in [0.3, 0.4) is 0 Å². The fourth-order valence-electron chi connectivity index (χ4n) is 1.32. The van der Waals surface area contributed by atoms with Gasteiger partial charge in [0.15, 0.2) is 5.82 Å². The van der Waals surface area contributed by atoms with Gasteiger partial charge in [-0.25, -0.2) is 0 Å². The number of hydrogen-bond acceptors (Lipinski definition) is 5. The normalized spacial score (nSPS) is 9.88. The summed E-state index contributed by atoms with van der Waals surface area (Å²) in [4.78, 5) is 0. The molecule has 2 rings (SSSR count). The molecule has 0 amide bonds. The molecule has 0 aliphatic heterocycles. The molecule has 1 aromatic carbocycles. The minimum Gasteiger partial charge on any atom is -0.382 e. The first-order valence-corrected chi connectivity index (χ1v) is 5.99. The highest BCUT2D eigenvalue weighted by atomic mass is 35.5. The molecule has 0 radical (unpaired) electrons. The highest BCUT2D eigenvalue weighted by Crippen LogP contribution is 2.26. The maximum Gasteiger partial charge on any atom is 0.157 e. The van der Waals surface area contributed by atoms with Crippen molar-refractivity contribution in [1.82, 2.24) is 4.37 Å². The summed E-state index contributed by atoms with van der Waals surface area (Å²) in [5.74, 6) is 0.274. The average Bonchev–Trinajstić information content (AvgIpc) is 2.69. The van der Waals surface area contributed by atoms with Gasteiger partial charge in [-0.2, -0.15) is 9.64 Å². The van der Waals surface area contributed by atoms with Gasteiger partial charge in [-0.15, -0.1) is 0 Å². The van der Waals surface area contributed by atoms with Crippen molar-refractivity contribution in [2.24, 2.45) is 0 Å². The van der Waals surface area contributed by atoms with E-state index in [2.05, 4.69) is 9.69 Å². The van der Waals surface area contributed by atoms with Crippen LogP contribution in [0.4, 0.5) is 10.8 Å². The van der Waals surface area contributed by atoms with Crippen molar-refractivity contribution in [1.29, 1.82) is 5.26 Å². The topological polar surface area (TPSA) is 74.7 Å². The van der Waals surface area contributed by atoms with Gasteiger partial charge in [0.05, 0.1) is 0 Å². The zero-order valence-electron chi connectivity index (χ0n) is 8.77. The summed E-state index contributed by atoms with van der Waals surface area (Å²) < 4.78 is 3.93. The Hall–Kier alpha value is -1.77. The number of nitrogen functional groups attached to an aromatic ring is 1. The summed E-state index contributed by atoms with van der Waals surface area (Å²) in [5, 5.41) is 13.4. The van der Waals surface area contributed by atoms with E-state index in [1.54, 1.807) is 0 Å². The number of aromatic nitrogens is 1. The Morgan fingerprint density at radius 2 is 2.12 bits per heavy atom. The van der Waals surface area contributed by atoms with Crippen LogP contribution in [-0.2, 0) is 6.54 Å². The molecule has 2 aromatic rings. The second-order valence-corrected chi connectivity index (χ2v) is 4.57. The number of nitrogens with two attached hydrogens (primary N) is 1. The first-order valence-electron chi connectivity index (χ1n) is 4.84. The monoisotopic (exact) mass is 264 g/mol. The minimum atomic E-state index is 0.274. The highest BCUT2D eigenvalue weighted by Gasteiger charge is 2.09. The molecule has 0 saturated carbocycles. The predicted octanol–water partition coefficient (Wildman–Crippen LogP) is 2.86. The van der Waals surface area contributed by atoms with Gasteiger partial charge >= 0.3 is 0 Å². The number of anilines is 2. The lowest BCUT2D eigenvalue weighted by atomic mass is 10.2. The zero-order chi connectivity index (χ0) is 12.3. The Kier molecular flexibility index (Phi) is 3.47. The van der Waals surface area contributed by atoms with Gasteiger partial charge in [-0.05, 0) is 29.2 Å². The fourth-order valence-corrected chi connectivity index (χ4v) is 2.10. The molecule has 3 N–H and O–H groups in total. The van der Waals surface area contributed by atoms with Crippen LogP contribution >= 0.6 is 23.1 Å². The predicted molar refractivity (Wildman–Crippen MR) is 70.0 cm³/mol. The van der Waals surface area contributed by atoms with Crippen LogP contribution in [-0.4, -0.2) is 4.37 Å². The van der Waals surface area contributed by atoms with Gasteiger partial charge < -0.3 is 11.1 Å². The number of hydrogen-bond donors (Lipinski definition) is 2. The molecule has 0 unspecified atom stereocenters. The third-order valence-electron chi connectivity index (χ3n) is 2.20. The van der Waals surface area contributed by atoms with Crippen LogP contribution in [0.5, 0.6) is 0 Å². The largest absolute Gasteiger partial charge is 0.382 e. The first-order chi connectivity index (χ1) is 8.20. The van der Waals surface area contributed by atoms with Crippen LogP contribution in [0, 0.1) is 11.3 Å². The maximum absolute atomic E-state index is 8.90. The summed E-state index contributed by atoms with van der Waals surface area (Å²) in [6, 6.07) is 9.52. The number of halogens is 1. The Balaban J connectivity index is 2.08. The Morgan fingerprint density at radius 1 is 1.41 bits per heavy atom. The number of nitrogens with zero attached hydrogens (tertiary/aromatic N) is 2. The first kappa shape index (κ1) is 11.7. The molecule has 0 aliphatic rings. The van der Waals surface area contributed by atoms with E-state index in [1.807, 2.05) is 30.3 Å². The highest BCUT2D eigenvalue weighted by molar-refractivity contribution is 7.10. The van der Waals surface area contributed by atoms with Crippen molar-refractivity contribution in [2.75, 3.05) is 11.1 Å². The van der Waals surface area contributed by atoms with Crippen LogP contribution in [0.25, 0.3) is 0 Å². The second-order valence-electron chi connectivity index (χ2n) is 3.36. The molecular formula is C11H9ClN4S. The number of nitrogens with one attached hydrogen (secondary N) is 1. The van der Waals surface area contributed by atoms with E-state index in [1.165, 1.54) is 11.5 Å². The molecule has 0 fully saturated rings. The Bertz CT molecular complexity index is 556. The molecular weight excluding hydrogens is 256 g/mol. The van der Waals surface area contributed by atoms with Crippen LogP contribution in [0.2, 0.25) is 5.02 Å². The minimum absolute atomic E-state index is 0.274. The summed E-state index contributed by atoms with van der Waals surface area (Å²) in [6.07, 6.45) is 0. The number of nitriles is 1. The van der Waals surface area contributed by atoms with Crippen molar-refractivity contribution in [3.8, 4) is 6.07 Å². The van der Waals surface area contributed by atoms with Crippen molar-refractivity contribution in [3.05, 3.63) is 40.4 Å². The van der Waals surface area contributed by atoms with Gasteiger partial charge in [0, 0.05) is 11.6 Å². The van der Waals surface area contributed by atoms with E-state index in [9.17, 15) is 0 Å². The Morgan fingerprint density at radius 3 is 2.76 bits per heavy atom. The van der Waals surface area contributed by atoms with Gasteiger partial charge in [-0.3, -0.25) is 0 Å². The average molecular weight is 265 g/mol. The molecule has 4 nitrogen and oxygen atoms in total. The summed E-state index contributed by atoms with van der Waals surface area (Å²) in [6.45, 7) is 0.605. The van der Waals surface area contributed by atoms with Gasteiger partial charge in [0.2, 0.25) is 0 Å². The van der Waals surface area contributed by atoms with E-state index < -0.39 is 0 Å². The summed E-state index contributed by atoms with van der Waals surface area (Å²) >= 11 is 6.98. The molecule has 0 aliphatic carbocycles. The number of benzene rings is 1. The lowest BCUT2D eigenvalue weighted by molar-refractivity contribution is 1.16. The van der Waals surface area contributed by atoms with Crippen molar-refractivity contribution in [2.45, 2.75) is 6.54 Å². The standard InChI is InChI=1S/C11H9ClN4S/c12-8-3-1-7(2-4-8)6-15-11-9(5-13)10(14)16-17-11/h1-4,15H,6H2,(H2,14,16). The molecule has 6 heteroatoms. The van der Waals surface area contributed by atoms with Gasteiger partial charge in [0.25, 0.3) is 0 Å². The second kappa shape index (κ2) is 5.04. The molecule has 86 valence electrons. The van der Waals surface area contributed by atoms with Crippen LogP contribution in [0.15, 0.2) is 24.3 Å². The molecule has 1 aromatic heterocycles. The third kappa shape index (κ3) is 2.67. The van der Waals surface area contributed by atoms with E-state index in [0.717, 1.165) is 5.56 Å². The lowest BCUT2D eigenvalue weighted by Crippen LogP contribution is -1.99. The van der Waals surface area contributed by atoms with Crippen LogP contribution < -0.4 is 11.1 Å². The van der Waals surface area contributed by atoms with E-state index in [0.29, 0.717) is 22.1 Å². The van der Waals surface area contributed by atoms with Gasteiger partial charge in [0.1, 0.15) is 16.6 Å². The van der Waals surface area contributed by atoms with Crippen molar-refractivity contribution in [3.63, 3.8) is 0 Å². The van der Waals surface area contributed by atoms with Crippen molar-refractivity contribution < 1.29 is 0 Å². The summed E-state index contributed by atoms with van der Waals surface area (Å²) in [5.41, 5.74) is 7.04. The third-order valence-corrected chi connectivity index (χ3v) is 3.27. The molecule has 0 spiro atoms. The molecule has 0 saturated heterocycles. The molecule has 17 heavy (non-hydrogen) atoms. The zero-order valence-corrected chi connectivity index (χ0v) is 10.3. The summed E-state index contributed by atoms with van der Waals surface area (Å²) in [7, 11) is 0. The number of rotatable bonds is 3. The fraction of sp³-hybridized carbons (Fsp3) is 0.0909. The Labute approximate surface area is 108 Å². The smallest absolute Gasteiger partial charge is 0.157 e. The molecule has 0 bridgehead atoms.